The Hall–Kier alpha value is -3.19. The number of nitrogens with zero attached hydrogens (tertiary/aromatic N) is 4. The molecule has 0 aromatic carbocycles. The normalized spacial score (nSPS) is 14.2. The Labute approximate surface area is 179 Å². The number of allylic oxidation sites excluding steroid dienone is 4. The first-order valence-electron chi connectivity index (χ1n) is 9.47. The van der Waals surface area contributed by atoms with Crippen molar-refractivity contribution in [3.63, 3.8) is 0 Å². The molecule has 0 saturated carbocycles. The molecule has 156 valence electrons. The van der Waals surface area contributed by atoms with E-state index in [2.05, 4.69) is 15.0 Å². The van der Waals surface area contributed by atoms with E-state index in [9.17, 15) is 4.79 Å². The number of fused-ring (bicyclic) bond motifs is 1. The average Bonchev–Trinajstić information content (AvgIpc) is 2.74. The van der Waals surface area contributed by atoms with Crippen LogP contribution in [0.25, 0.3) is 16.6 Å². The third kappa shape index (κ3) is 4.21. The van der Waals surface area contributed by atoms with Gasteiger partial charge in [-0.2, -0.15) is 0 Å². The summed E-state index contributed by atoms with van der Waals surface area (Å²) in [7, 11) is 1.64. The van der Waals surface area contributed by atoms with Crippen LogP contribution in [0.2, 0.25) is 0 Å². The highest BCUT2D eigenvalue weighted by Gasteiger charge is 2.19. The van der Waals surface area contributed by atoms with Crippen LogP contribution in [0.4, 0.5) is 5.82 Å². The summed E-state index contributed by atoms with van der Waals surface area (Å²) in [5.74, 6) is 0.920. The standard InChI is InChI=1S/C22H24ClN5O2/c1-13(28-9-7-17(29)20-21(24)26-12-27-22(20)28)10-18(30-4)19(14(2)15(3)23)16-6-5-8-25-11-16/h5-9,11-13H,10H2,1-4H3,(H2,24,26,27)/b15-14+,19-18-. The highest BCUT2D eigenvalue weighted by molar-refractivity contribution is 6.30. The molecule has 1 atom stereocenters. The van der Waals surface area contributed by atoms with Crippen LogP contribution < -0.4 is 11.2 Å². The van der Waals surface area contributed by atoms with Gasteiger partial charge in [0.05, 0.1) is 7.11 Å². The topological polar surface area (TPSA) is 95.9 Å². The second-order valence-corrected chi connectivity index (χ2v) is 7.57. The molecule has 0 aliphatic rings. The minimum absolute atomic E-state index is 0.0903. The number of hydrogen-bond donors (Lipinski definition) is 1. The third-order valence-electron chi connectivity index (χ3n) is 5.06. The Kier molecular flexibility index (Phi) is 6.52. The highest BCUT2D eigenvalue weighted by Crippen LogP contribution is 2.34. The molecule has 7 nitrogen and oxygen atoms in total. The molecule has 0 saturated heterocycles. The van der Waals surface area contributed by atoms with Crippen LogP contribution in [0.15, 0.2) is 64.3 Å². The quantitative estimate of drug-likeness (QED) is 0.467. The number of halogens is 1. The molecule has 0 aliphatic heterocycles. The van der Waals surface area contributed by atoms with E-state index in [-0.39, 0.29) is 17.3 Å². The van der Waals surface area contributed by atoms with Crippen molar-refractivity contribution in [2.24, 2.45) is 0 Å². The van der Waals surface area contributed by atoms with E-state index >= 15 is 0 Å². The molecule has 30 heavy (non-hydrogen) atoms. The highest BCUT2D eigenvalue weighted by atomic mass is 35.5. The molecule has 2 N–H and O–H groups in total. The number of anilines is 1. The molecule has 0 radical (unpaired) electrons. The lowest BCUT2D eigenvalue weighted by Gasteiger charge is -2.22. The molecule has 3 rings (SSSR count). The fraction of sp³-hybridized carbons (Fsp3) is 0.273. The lowest BCUT2D eigenvalue weighted by Crippen LogP contribution is -2.16. The van der Waals surface area contributed by atoms with Gasteiger partial charge in [-0.15, -0.1) is 0 Å². The molecule has 3 aromatic rings. The summed E-state index contributed by atoms with van der Waals surface area (Å²) in [6, 6.07) is 5.23. The van der Waals surface area contributed by atoms with E-state index < -0.39 is 0 Å². The minimum Gasteiger partial charge on any atom is -0.500 e. The van der Waals surface area contributed by atoms with E-state index in [0.29, 0.717) is 22.5 Å². The van der Waals surface area contributed by atoms with Gasteiger partial charge in [-0.3, -0.25) is 9.78 Å². The molecular formula is C22H24ClN5O2. The van der Waals surface area contributed by atoms with Crippen LogP contribution in [-0.2, 0) is 4.74 Å². The second kappa shape index (κ2) is 9.09. The van der Waals surface area contributed by atoms with Crippen molar-refractivity contribution in [2.45, 2.75) is 33.2 Å². The molecule has 3 heterocycles. The van der Waals surface area contributed by atoms with Gasteiger partial charge in [0.2, 0.25) is 0 Å². The fourth-order valence-corrected chi connectivity index (χ4v) is 3.50. The van der Waals surface area contributed by atoms with Gasteiger partial charge in [0, 0.05) is 53.3 Å². The zero-order valence-corrected chi connectivity index (χ0v) is 18.1. The Morgan fingerprint density at radius 2 is 2.07 bits per heavy atom. The van der Waals surface area contributed by atoms with Gasteiger partial charge in [0.1, 0.15) is 28.9 Å². The molecule has 0 spiro atoms. The summed E-state index contributed by atoms with van der Waals surface area (Å²) in [6.45, 7) is 5.82. The molecule has 0 bridgehead atoms. The Bertz CT molecular complexity index is 1180. The number of nitrogens with two attached hydrogens (primary N) is 1. The average molecular weight is 426 g/mol. The van der Waals surface area contributed by atoms with Crippen LogP contribution in [-0.4, -0.2) is 26.6 Å². The summed E-state index contributed by atoms with van der Waals surface area (Å²) in [5, 5.41) is 0.986. The van der Waals surface area contributed by atoms with Crippen molar-refractivity contribution in [1.82, 2.24) is 19.5 Å². The van der Waals surface area contributed by atoms with E-state index in [1.165, 1.54) is 12.4 Å². The van der Waals surface area contributed by atoms with E-state index in [4.69, 9.17) is 22.1 Å². The molecule has 8 heteroatoms. The van der Waals surface area contributed by atoms with Gasteiger partial charge in [0.15, 0.2) is 5.43 Å². The smallest absolute Gasteiger partial charge is 0.194 e. The number of rotatable bonds is 6. The second-order valence-electron chi connectivity index (χ2n) is 7.00. The van der Waals surface area contributed by atoms with Crippen LogP contribution in [0.3, 0.4) is 0 Å². The number of pyridine rings is 2. The predicted molar refractivity (Wildman–Crippen MR) is 120 cm³/mol. The van der Waals surface area contributed by atoms with Crippen molar-refractivity contribution in [3.8, 4) is 0 Å². The number of ether oxygens (including phenoxy) is 1. The number of aromatic nitrogens is 4. The summed E-state index contributed by atoms with van der Waals surface area (Å²) in [6.07, 6.45) is 7.11. The zero-order chi connectivity index (χ0) is 21.8. The van der Waals surface area contributed by atoms with E-state index in [1.54, 1.807) is 25.7 Å². The first-order valence-corrected chi connectivity index (χ1v) is 9.85. The zero-order valence-electron chi connectivity index (χ0n) is 17.4. The summed E-state index contributed by atoms with van der Waals surface area (Å²) in [5.41, 5.74) is 8.92. The lowest BCUT2D eigenvalue weighted by atomic mass is 9.96. The van der Waals surface area contributed by atoms with E-state index in [0.717, 1.165) is 22.5 Å². The van der Waals surface area contributed by atoms with Crippen molar-refractivity contribution < 1.29 is 4.74 Å². The molecular weight excluding hydrogens is 402 g/mol. The molecule has 1 unspecified atom stereocenters. The minimum atomic E-state index is -0.207. The maximum Gasteiger partial charge on any atom is 0.194 e. The Balaban J connectivity index is 2.14. The van der Waals surface area contributed by atoms with Crippen molar-refractivity contribution in [1.29, 1.82) is 0 Å². The summed E-state index contributed by atoms with van der Waals surface area (Å²) >= 11 is 6.34. The molecule has 3 aromatic heterocycles. The van der Waals surface area contributed by atoms with Crippen molar-refractivity contribution in [2.75, 3.05) is 12.8 Å². The van der Waals surface area contributed by atoms with Gasteiger partial charge < -0.3 is 15.0 Å². The largest absolute Gasteiger partial charge is 0.500 e. The van der Waals surface area contributed by atoms with Crippen LogP contribution in [0.1, 0.15) is 38.8 Å². The van der Waals surface area contributed by atoms with Crippen LogP contribution >= 0.6 is 11.6 Å². The SMILES string of the molecule is CO/C(CC(C)n1ccc(=O)c2c(N)ncnc21)=C(/C(C)=C(\C)Cl)c1cccnc1. The van der Waals surface area contributed by atoms with Crippen LogP contribution in [0, 0.1) is 0 Å². The Morgan fingerprint density at radius 1 is 1.30 bits per heavy atom. The number of methoxy groups -OCH3 is 1. The predicted octanol–water partition coefficient (Wildman–Crippen LogP) is 4.31. The monoisotopic (exact) mass is 425 g/mol. The maximum atomic E-state index is 12.3. The van der Waals surface area contributed by atoms with Gasteiger partial charge in [-0.05, 0) is 32.4 Å². The third-order valence-corrected chi connectivity index (χ3v) is 5.34. The molecule has 0 fully saturated rings. The number of nitrogen functional groups attached to an aromatic ring is 1. The van der Waals surface area contributed by atoms with E-state index in [1.807, 2.05) is 37.5 Å². The number of hydrogen-bond acceptors (Lipinski definition) is 6. The summed E-state index contributed by atoms with van der Waals surface area (Å²) in [4.78, 5) is 24.8. The van der Waals surface area contributed by atoms with Gasteiger partial charge in [-0.25, -0.2) is 9.97 Å². The summed E-state index contributed by atoms with van der Waals surface area (Å²) < 4.78 is 7.72. The van der Waals surface area contributed by atoms with Crippen molar-refractivity contribution in [3.05, 3.63) is 75.3 Å². The lowest BCUT2D eigenvalue weighted by molar-refractivity contribution is 0.265. The first kappa shape index (κ1) is 21.5. The van der Waals surface area contributed by atoms with Gasteiger partial charge >= 0.3 is 0 Å². The Morgan fingerprint density at radius 3 is 2.70 bits per heavy atom. The fourth-order valence-electron chi connectivity index (χ4n) is 3.40. The first-order chi connectivity index (χ1) is 14.3. The van der Waals surface area contributed by atoms with Crippen molar-refractivity contribution >= 4 is 34.0 Å². The van der Waals surface area contributed by atoms with Gasteiger partial charge in [0.25, 0.3) is 0 Å². The van der Waals surface area contributed by atoms with Gasteiger partial charge in [-0.1, -0.05) is 17.7 Å². The molecule has 0 amide bonds. The maximum absolute atomic E-state index is 12.3. The van der Waals surface area contributed by atoms with Crippen LogP contribution in [0.5, 0.6) is 0 Å². The molecule has 0 aliphatic carbocycles.